The first-order valence-electron chi connectivity index (χ1n) is 24.6. The summed E-state index contributed by atoms with van der Waals surface area (Å²) in [6, 6.07) is 19.0. The van der Waals surface area contributed by atoms with E-state index in [0.717, 1.165) is 59.9 Å². The Labute approximate surface area is 434 Å². The molecule has 6 rings (SSSR count). The number of benzene rings is 4. The molecule has 2 aliphatic heterocycles. The number of hydrogen-bond acceptors (Lipinski definition) is 15. The Morgan fingerprint density at radius 2 is 0.986 bits per heavy atom. The van der Waals surface area contributed by atoms with Gasteiger partial charge in [0.05, 0.1) is 117 Å². The molecule has 0 radical (unpaired) electrons. The second-order valence-electron chi connectivity index (χ2n) is 19.0. The molecular formula is C55H75N3O14S+2. The maximum atomic E-state index is 13.8. The highest BCUT2D eigenvalue weighted by Gasteiger charge is 2.42. The van der Waals surface area contributed by atoms with E-state index in [-0.39, 0.29) is 37.5 Å². The predicted molar refractivity (Wildman–Crippen MR) is 278 cm³/mol. The Hall–Kier alpha value is -6.08. The molecule has 0 saturated heterocycles. The molecule has 73 heavy (non-hydrogen) atoms. The number of esters is 2. The molecule has 6 atom stereocenters. The molecule has 0 saturated carbocycles. The summed E-state index contributed by atoms with van der Waals surface area (Å²) in [4.78, 5) is 39.0. The fourth-order valence-electron chi connectivity index (χ4n) is 10.3. The van der Waals surface area contributed by atoms with E-state index in [1.54, 1.807) is 56.9 Å². The smallest absolute Gasteiger partial charge is 0.321 e. The number of carbonyl (C=O) groups excluding carboxylic acids is 2. The largest absolute Gasteiger partial charge is 0.493 e. The van der Waals surface area contributed by atoms with Gasteiger partial charge in [-0.1, -0.05) is 12.1 Å². The first kappa shape index (κ1) is 56.2. The minimum Gasteiger partial charge on any atom is -0.493 e. The van der Waals surface area contributed by atoms with Crippen LogP contribution in [0.15, 0.2) is 60.7 Å². The number of hydrogen-bond donors (Lipinski definition) is 2. The summed E-state index contributed by atoms with van der Waals surface area (Å²) in [7, 11) is 17.4. The molecule has 0 aliphatic carbocycles. The van der Waals surface area contributed by atoms with E-state index in [9.17, 15) is 19.5 Å². The van der Waals surface area contributed by atoms with Crippen LogP contribution in [0.1, 0.15) is 64.7 Å². The van der Waals surface area contributed by atoms with E-state index in [4.69, 9.17) is 53.1 Å². The average Bonchev–Trinajstić information content (AvgIpc) is 3.40. The van der Waals surface area contributed by atoms with Crippen LogP contribution in [-0.2, 0) is 49.5 Å². The van der Waals surface area contributed by atoms with E-state index in [1.165, 1.54) is 11.1 Å². The van der Waals surface area contributed by atoms with Crippen molar-refractivity contribution in [1.82, 2.24) is 0 Å². The Balaban J connectivity index is 1.11. The fraction of sp³-hybridized carbons (Fsp3) is 0.509. The molecule has 0 fully saturated rings. The number of thioether (sulfide) groups is 1. The zero-order valence-corrected chi connectivity index (χ0v) is 44.9. The van der Waals surface area contributed by atoms with Gasteiger partial charge in [-0.15, -0.1) is 11.8 Å². The van der Waals surface area contributed by atoms with Crippen LogP contribution in [0.5, 0.6) is 46.0 Å². The van der Waals surface area contributed by atoms with Crippen molar-refractivity contribution in [2.24, 2.45) is 5.73 Å². The lowest BCUT2D eigenvalue weighted by Crippen LogP contribution is -2.52. The van der Waals surface area contributed by atoms with Crippen LogP contribution in [0.25, 0.3) is 0 Å². The van der Waals surface area contributed by atoms with Gasteiger partial charge in [-0.05, 0) is 70.8 Å². The molecule has 0 aromatic heterocycles. The molecule has 1 unspecified atom stereocenters. The minimum atomic E-state index is -1.24. The lowest BCUT2D eigenvalue weighted by atomic mass is 9.86. The quantitative estimate of drug-likeness (QED) is 0.0360. The van der Waals surface area contributed by atoms with Gasteiger partial charge in [-0.3, -0.25) is 14.4 Å². The Bertz CT molecular complexity index is 2540. The van der Waals surface area contributed by atoms with Gasteiger partial charge < -0.3 is 67.2 Å². The van der Waals surface area contributed by atoms with E-state index in [2.05, 4.69) is 44.4 Å². The minimum absolute atomic E-state index is 0.000606. The molecular weight excluding hydrogens is 959 g/mol. The van der Waals surface area contributed by atoms with Crippen molar-refractivity contribution in [2.75, 3.05) is 116 Å². The second kappa shape index (κ2) is 25.7. The molecule has 0 bridgehead atoms. The molecule has 4 aromatic carbocycles. The maximum absolute atomic E-state index is 13.8. The van der Waals surface area contributed by atoms with E-state index in [0.29, 0.717) is 93.7 Å². The summed E-state index contributed by atoms with van der Waals surface area (Å²) >= 11 is 0.987. The summed E-state index contributed by atoms with van der Waals surface area (Å²) < 4.78 is 58.2. The van der Waals surface area contributed by atoms with Crippen molar-refractivity contribution in [3.05, 3.63) is 94.0 Å². The van der Waals surface area contributed by atoms with Gasteiger partial charge in [-0.2, -0.15) is 0 Å². The van der Waals surface area contributed by atoms with Gasteiger partial charge in [0.2, 0.25) is 0 Å². The summed E-state index contributed by atoms with van der Waals surface area (Å²) in [5.74, 6) is 2.72. The van der Waals surface area contributed by atoms with Crippen LogP contribution in [0.4, 0.5) is 0 Å². The van der Waals surface area contributed by atoms with Gasteiger partial charge in [-0.25, -0.2) is 0 Å². The van der Waals surface area contributed by atoms with Gasteiger partial charge in [0.25, 0.3) is 0 Å². The first-order valence-corrected chi connectivity index (χ1v) is 25.6. The Morgan fingerprint density at radius 1 is 0.589 bits per heavy atom. The van der Waals surface area contributed by atoms with Crippen molar-refractivity contribution < 1.29 is 75.8 Å². The molecule has 0 spiro atoms. The third kappa shape index (κ3) is 13.6. The van der Waals surface area contributed by atoms with E-state index < -0.39 is 29.2 Å². The highest BCUT2D eigenvalue weighted by molar-refractivity contribution is 8.00. The predicted octanol–water partition coefficient (Wildman–Crippen LogP) is 6.80. The zero-order chi connectivity index (χ0) is 52.9. The molecule has 4 aromatic rings. The van der Waals surface area contributed by atoms with Crippen LogP contribution in [0, 0.1) is 0 Å². The van der Waals surface area contributed by atoms with Crippen molar-refractivity contribution in [3.63, 3.8) is 0 Å². The number of rotatable bonds is 27. The van der Waals surface area contributed by atoms with E-state index >= 15 is 0 Å². The van der Waals surface area contributed by atoms with Gasteiger partial charge in [0.1, 0.15) is 23.4 Å². The van der Waals surface area contributed by atoms with Crippen LogP contribution < -0.4 is 43.6 Å². The van der Waals surface area contributed by atoms with Crippen molar-refractivity contribution in [1.29, 1.82) is 0 Å². The normalized spacial score (nSPS) is 19.8. The molecule has 17 nitrogen and oxygen atoms in total. The molecule has 2 aliphatic rings. The van der Waals surface area contributed by atoms with Gasteiger partial charge in [0.15, 0.2) is 46.0 Å². The number of fused-ring (bicyclic) bond motifs is 2. The third-order valence-electron chi connectivity index (χ3n) is 14.6. The number of methoxy groups -OCH3 is 8. The van der Waals surface area contributed by atoms with Gasteiger partial charge in [0, 0.05) is 55.4 Å². The highest BCUT2D eigenvalue weighted by Crippen LogP contribution is 2.45. The van der Waals surface area contributed by atoms with Crippen LogP contribution in [0.2, 0.25) is 0 Å². The SMILES string of the molecule is COc1ccc(C[C@H]2c3cc(OC)c(OC)cc3CC[N@+]2(C)CCCOC(=O)CC(SC[C@H](N)C(=O)O)C(=O)OCCC[N@@+]2(C)CCc3cc(OC)c(OC)cc3[C@@H]2Cc2ccc(OC)c(OC)c2)cc1OC. The summed E-state index contributed by atoms with van der Waals surface area (Å²) in [5, 5.41) is 8.52. The lowest BCUT2D eigenvalue weighted by Gasteiger charge is -2.46. The Morgan fingerprint density at radius 3 is 1.40 bits per heavy atom. The van der Waals surface area contributed by atoms with Crippen LogP contribution in [-0.4, -0.2) is 159 Å². The van der Waals surface area contributed by atoms with Crippen molar-refractivity contribution in [2.45, 2.75) is 68.3 Å². The highest BCUT2D eigenvalue weighted by atomic mass is 32.2. The number of quaternary nitrogens is 2. The average molecular weight is 1030 g/mol. The van der Waals surface area contributed by atoms with E-state index in [1.807, 2.05) is 30.3 Å². The molecule has 398 valence electrons. The number of likely N-dealkylation sites (N-methyl/N-ethyl adjacent to an activating group) is 2. The third-order valence-corrected chi connectivity index (χ3v) is 15.9. The van der Waals surface area contributed by atoms with Crippen LogP contribution >= 0.6 is 11.8 Å². The zero-order valence-electron chi connectivity index (χ0n) is 44.1. The summed E-state index contributed by atoms with van der Waals surface area (Å²) in [6.45, 7) is 3.22. The number of carbonyl (C=O) groups is 3. The lowest BCUT2D eigenvalue weighted by molar-refractivity contribution is -0.941. The second-order valence-corrected chi connectivity index (χ2v) is 20.3. The number of nitrogens with zero attached hydrogens (tertiary/aromatic N) is 2. The number of carboxylic acids is 1. The maximum Gasteiger partial charge on any atom is 0.321 e. The summed E-state index contributed by atoms with van der Waals surface area (Å²) in [5.41, 5.74) is 12.7. The molecule has 3 N–H and O–H groups in total. The number of carboxylic acid groups (broad SMARTS) is 1. The number of ether oxygens (including phenoxy) is 10. The number of nitrogens with two attached hydrogens (primary N) is 1. The molecule has 18 heteroatoms. The monoisotopic (exact) mass is 1030 g/mol. The standard InChI is InChI=1S/C55H74N3O14S/c1-57(21-17-37-29-48(67-7)50(69-9)31-39(37)42(57)25-35-13-15-44(63-3)46(27-35)65-5)19-11-23-71-53(59)33-52(73-34-41(56)54(60)61)55(62)72-24-12-20-58(2)22-18-38-30-49(68-8)51(70-10)32-40(38)43(58)26-36-14-16-45(64-4)47(28-36)66-6/h13-16,27-32,41-43,52H,11-12,17-26,33-34,56H2,1-10H3/q+1/p+1/t41-,42-,43-,52?,57-,58-/m0/s1. The molecule has 0 amide bonds. The summed E-state index contributed by atoms with van der Waals surface area (Å²) in [6.07, 6.45) is 3.76. The topological polar surface area (TPSA) is 190 Å². The van der Waals surface area contributed by atoms with Crippen molar-refractivity contribution >= 4 is 29.7 Å². The first-order chi connectivity index (χ1) is 35.1. The van der Waals surface area contributed by atoms with Gasteiger partial charge >= 0.3 is 17.9 Å². The van der Waals surface area contributed by atoms with Crippen LogP contribution in [0.3, 0.4) is 0 Å². The van der Waals surface area contributed by atoms with Crippen molar-refractivity contribution in [3.8, 4) is 46.0 Å². The fourth-order valence-corrected chi connectivity index (χ4v) is 11.4. The number of aliphatic carboxylic acids is 1. The molecule has 2 heterocycles. The Kier molecular flexibility index (Phi) is 19.8.